The SMILES string of the molecule is O=CC1NN=C(C2(Cc3cncc(Nc4cc[nH]n4)n3)CCC(Oc3cccc(Cl)c3F)CC2)O1. The number of anilines is 2. The predicted octanol–water partition coefficient (Wildman–Crippen LogP) is 3.74. The average Bonchev–Trinajstić information content (AvgIpc) is 3.56. The van der Waals surface area contributed by atoms with Crippen LogP contribution in [0.1, 0.15) is 31.4 Å². The molecule has 182 valence electrons. The lowest BCUT2D eigenvalue weighted by Crippen LogP contribution is -2.41. The molecule has 5 rings (SSSR count). The Bertz CT molecular complexity index is 1220. The number of H-pyrrole nitrogens is 1. The second-order valence-corrected chi connectivity index (χ2v) is 8.93. The topological polar surface area (TPSA) is 126 Å². The first-order valence-corrected chi connectivity index (χ1v) is 11.6. The van der Waals surface area contributed by atoms with Crippen molar-refractivity contribution in [2.75, 3.05) is 5.32 Å². The number of carbonyl (C=O) groups is 1. The summed E-state index contributed by atoms with van der Waals surface area (Å²) in [4.78, 5) is 20.2. The molecule has 1 atom stereocenters. The van der Waals surface area contributed by atoms with Crippen LogP contribution in [0.4, 0.5) is 16.0 Å². The monoisotopic (exact) mass is 499 g/mol. The summed E-state index contributed by atoms with van der Waals surface area (Å²) in [7, 11) is 0. The highest BCUT2D eigenvalue weighted by molar-refractivity contribution is 6.30. The highest BCUT2D eigenvalue weighted by Crippen LogP contribution is 2.43. The summed E-state index contributed by atoms with van der Waals surface area (Å²) in [6, 6.07) is 6.49. The van der Waals surface area contributed by atoms with Crippen LogP contribution in [0.15, 0.2) is 48.0 Å². The number of rotatable bonds is 8. The van der Waals surface area contributed by atoms with Gasteiger partial charge in [-0.2, -0.15) is 5.10 Å². The third-order valence-corrected chi connectivity index (χ3v) is 6.46. The van der Waals surface area contributed by atoms with Crippen molar-refractivity contribution < 1.29 is 18.7 Å². The highest BCUT2D eigenvalue weighted by atomic mass is 35.5. The summed E-state index contributed by atoms with van der Waals surface area (Å²) in [6.45, 7) is 0. The quantitative estimate of drug-likeness (QED) is 0.400. The summed E-state index contributed by atoms with van der Waals surface area (Å²) in [5, 5.41) is 14.3. The zero-order valence-electron chi connectivity index (χ0n) is 18.6. The van der Waals surface area contributed by atoms with E-state index in [0.29, 0.717) is 55.9 Å². The van der Waals surface area contributed by atoms with Crippen molar-refractivity contribution in [3.05, 3.63) is 59.4 Å². The van der Waals surface area contributed by atoms with E-state index in [9.17, 15) is 9.18 Å². The van der Waals surface area contributed by atoms with Gasteiger partial charge in [0.2, 0.25) is 12.1 Å². The molecule has 1 aliphatic carbocycles. The van der Waals surface area contributed by atoms with E-state index >= 15 is 0 Å². The molecule has 2 aromatic heterocycles. The fourth-order valence-corrected chi connectivity index (χ4v) is 4.61. The van der Waals surface area contributed by atoms with Gasteiger partial charge in [0.25, 0.3) is 0 Å². The van der Waals surface area contributed by atoms with E-state index < -0.39 is 17.5 Å². The molecular weight excluding hydrogens is 477 g/mol. The molecule has 1 aliphatic heterocycles. The fourth-order valence-electron chi connectivity index (χ4n) is 4.44. The molecule has 0 bridgehead atoms. The molecule has 2 aliphatic rings. The Morgan fingerprint density at radius 1 is 1.26 bits per heavy atom. The van der Waals surface area contributed by atoms with Crippen molar-refractivity contribution in [1.29, 1.82) is 0 Å². The number of hydrazone groups is 1. The van der Waals surface area contributed by atoms with Crippen molar-refractivity contribution in [2.24, 2.45) is 10.5 Å². The molecule has 12 heteroatoms. The van der Waals surface area contributed by atoms with Crippen LogP contribution in [0.25, 0.3) is 0 Å². The Morgan fingerprint density at radius 2 is 2.11 bits per heavy atom. The Labute approximate surface area is 205 Å². The molecular formula is C23H23ClFN7O3. The van der Waals surface area contributed by atoms with E-state index in [0.717, 1.165) is 5.69 Å². The number of benzene rings is 1. The van der Waals surface area contributed by atoms with Crippen molar-refractivity contribution >= 4 is 35.4 Å². The van der Waals surface area contributed by atoms with Gasteiger partial charge in [0.05, 0.1) is 28.4 Å². The number of halogens is 2. The number of aldehydes is 1. The van der Waals surface area contributed by atoms with E-state index in [1.165, 1.54) is 6.07 Å². The van der Waals surface area contributed by atoms with Crippen LogP contribution in [-0.2, 0) is 16.0 Å². The van der Waals surface area contributed by atoms with Crippen molar-refractivity contribution in [3.8, 4) is 5.75 Å². The summed E-state index contributed by atoms with van der Waals surface area (Å²) in [6.07, 6.45) is 7.64. The Morgan fingerprint density at radius 3 is 2.86 bits per heavy atom. The minimum absolute atomic E-state index is 0.0225. The molecule has 3 heterocycles. The second-order valence-electron chi connectivity index (χ2n) is 8.53. The number of hydrogen-bond donors (Lipinski definition) is 3. The lowest BCUT2D eigenvalue weighted by atomic mass is 9.70. The van der Waals surface area contributed by atoms with Crippen molar-refractivity contribution in [3.63, 3.8) is 0 Å². The highest BCUT2D eigenvalue weighted by Gasteiger charge is 2.45. The van der Waals surface area contributed by atoms with Crippen LogP contribution in [0.3, 0.4) is 0 Å². The zero-order valence-corrected chi connectivity index (χ0v) is 19.3. The van der Waals surface area contributed by atoms with Gasteiger partial charge in [-0.15, -0.1) is 5.10 Å². The molecule has 0 saturated heterocycles. The van der Waals surface area contributed by atoms with Gasteiger partial charge in [-0.05, 0) is 37.8 Å². The molecule has 3 N–H and O–H groups in total. The zero-order chi connectivity index (χ0) is 24.3. The summed E-state index contributed by atoms with van der Waals surface area (Å²) < 4.78 is 26.1. The molecule has 0 radical (unpaired) electrons. The molecule has 1 saturated carbocycles. The van der Waals surface area contributed by atoms with Gasteiger partial charge in [-0.25, -0.2) is 9.37 Å². The fraction of sp³-hybridized carbons (Fsp3) is 0.348. The van der Waals surface area contributed by atoms with E-state index in [1.54, 1.807) is 36.8 Å². The summed E-state index contributed by atoms with van der Waals surface area (Å²) >= 11 is 5.89. The Balaban J connectivity index is 1.34. The molecule has 10 nitrogen and oxygen atoms in total. The maximum absolute atomic E-state index is 14.3. The van der Waals surface area contributed by atoms with Crippen molar-refractivity contribution in [1.82, 2.24) is 25.6 Å². The average molecular weight is 500 g/mol. The summed E-state index contributed by atoms with van der Waals surface area (Å²) in [5.74, 6) is 1.20. The van der Waals surface area contributed by atoms with Crippen LogP contribution < -0.4 is 15.5 Å². The van der Waals surface area contributed by atoms with Crippen LogP contribution in [0, 0.1) is 11.2 Å². The van der Waals surface area contributed by atoms with Gasteiger partial charge in [-0.3, -0.25) is 20.3 Å². The first kappa shape index (κ1) is 23.0. The first-order chi connectivity index (χ1) is 17.0. The molecule has 0 spiro atoms. The number of carbonyl (C=O) groups excluding carboxylic acids is 1. The first-order valence-electron chi connectivity index (χ1n) is 11.2. The van der Waals surface area contributed by atoms with Gasteiger partial charge in [0, 0.05) is 24.9 Å². The van der Waals surface area contributed by atoms with Gasteiger partial charge in [0.1, 0.15) is 5.82 Å². The number of nitrogens with zero attached hydrogens (tertiary/aromatic N) is 4. The third-order valence-electron chi connectivity index (χ3n) is 6.17. The normalized spacial score (nSPS) is 23.7. The minimum Gasteiger partial charge on any atom is -0.487 e. The molecule has 0 amide bonds. The molecule has 1 fully saturated rings. The number of hydrogen-bond acceptors (Lipinski definition) is 9. The van der Waals surface area contributed by atoms with Gasteiger partial charge >= 0.3 is 0 Å². The Kier molecular flexibility index (Phi) is 6.49. The minimum atomic E-state index is -0.824. The predicted molar refractivity (Wildman–Crippen MR) is 126 cm³/mol. The van der Waals surface area contributed by atoms with Crippen LogP contribution in [0.2, 0.25) is 5.02 Å². The Hall–Kier alpha value is -3.73. The van der Waals surface area contributed by atoms with Gasteiger partial charge in [-0.1, -0.05) is 17.7 Å². The van der Waals surface area contributed by atoms with Crippen LogP contribution in [-0.4, -0.2) is 44.7 Å². The smallest absolute Gasteiger partial charge is 0.242 e. The van der Waals surface area contributed by atoms with E-state index in [-0.39, 0.29) is 16.9 Å². The standard InChI is InChI=1S/C23H23ClFN7O3/c24-16-2-1-3-17(21(16)25)34-15-4-7-23(8-5-15,22-32-31-20(13-33)35-22)10-14-11-26-12-19(28-14)29-18-6-9-27-30-18/h1-3,6,9,11-13,15,20,31H,4-5,7-8,10H2,(H2,27,28,29,30). The number of aromatic amines is 1. The van der Waals surface area contributed by atoms with Gasteiger partial charge in [0.15, 0.2) is 23.7 Å². The van der Waals surface area contributed by atoms with E-state index in [4.69, 9.17) is 21.1 Å². The summed E-state index contributed by atoms with van der Waals surface area (Å²) in [5.41, 5.74) is 2.91. The lowest BCUT2D eigenvalue weighted by Gasteiger charge is -2.39. The molecule has 1 unspecified atom stereocenters. The maximum atomic E-state index is 14.3. The van der Waals surface area contributed by atoms with Crippen molar-refractivity contribution in [2.45, 2.75) is 44.4 Å². The molecule has 3 aromatic rings. The van der Waals surface area contributed by atoms with Gasteiger partial charge < -0.3 is 14.8 Å². The van der Waals surface area contributed by atoms with Crippen LogP contribution in [0.5, 0.6) is 5.75 Å². The third kappa shape index (κ3) is 5.04. The lowest BCUT2D eigenvalue weighted by molar-refractivity contribution is -0.114. The number of aromatic nitrogens is 4. The maximum Gasteiger partial charge on any atom is 0.242 e. The number of ether oxygens (including phenoxy) is 2. The largest absolute Gasteiger partial charge is 0.487 e. The second kappa shape index (κ2) is 9.87. The molecule has 35 heavy (non-hydrogen) atoms. The van der Waals surface area contributed by atoms with Crippen LogP contribution >= 0.6 is 11.6 Å². The van der Waals surface area contributed by atoms with E-state index in [1.807, 2.05) is 0 Å². The number of nitrogens with one attached hydrogen (secondary N) is 3. The molecule has 1 aromatic carbocycles. The van der Waals surface area contributed by atoms with E-state index in [2.05, 4.69) is 36.0 Å².